The van der Waals surface area contributed by atoms with Crippen LogP contribution in [0.1, 0.15) is 25.3 Å². The van der Waals surface area contributed by atoms with Crippen LogP contribution in [0.2, 0.25) is 0 Å². The molecule has 0 aliphatic heterocycles. The first-order valence-electron chi connectivity index (χ1n) is 6.60. The van der Waals surface area contributed by atoms with E-state index in [1.165, 1.54) is 11.6 Å². The van der Waals surface area contributed by atoms with Crippen molar-refractivity contribution in [3.8, 4) is 5.69 Å². The number of fused-ring (bicyclic) bond motifs is 1. The van der Waals surface area contributed by atoms with Crippen molar-refractivity contribution in [1.29, 1.82) is 0 Å². The number of halogens is 1. The topological polar surface area (TPSA) is 43.8 Å². The van der Waals surface area contributed by atoms with Crippen LogP contribution in [0.5, 0.6) is 0 Å². The number of hydrogen-bond acceptors (Lipinski definition) is 2. The molecule has 4 heteroatoms. The van der Waals surface area contributed by atoms with Gasteiger partial charge in [0.2, 0.25) is 5.95 Å². The van der Waals surface area contributed by atoms with Gasteiger partial charge in [0.25, 0.3) is 0 Å². The quantitative estimate of drug-likeness (QED) is 0.767. The van der Waals surface area contributed by atoms with E-state index in [4.69, 9.17) is 5.73 Å². The maximum Gasteiger partial charge on any atom is 0.206 e. The second-order valence-corrected chi connectivity index (χ2v) is 5.16. The van der Waals surface area contributed by atoms with Crippen LogP contribution in [0.4, 0.5) is 10.3 Å². The highest BCUT2D eigenvalue weighted by Crippen LogP contribution is 2.25. The summed E-state index contributed by atoms with van der Waals surface area (Å²) >= 11 is 0. The number of aromatic nitrogens is 2. The fraction of sp³-hybridized carbons (Fsp3) is 0.188. The van der Waals surface area contributed by atoms with Crippen molar-refractivity contribution in [2.75, 3.05) is 5.73 Å². The molecule has 0 spiro atoms. The number of nitrogens with zero attached hydrogens (tertiary/aromatic N) is 2. The van der Waals surface area contributed by atoms with Gasteiger partial charge in [-0.1, -0.05) is 32.0 Å². The van der Waals surface area contributed by atoms with Gasteiger partial charge in [-0.2, -0.15) is 0 Å². The van der Waals surface area contributed by atoms with Crippen molar-refractivity contribution in [2.24, 2.45) is 0 Å². The van der Waals surface area contributed by atoms with E-state index < -0.39 is 0 Å². The van der Waals surface area contributed by atoms with Gasteiger partial charge in [-0.15, -0.1) is 0 Å². The van der Waals surface area contributed by atoms with Crippen LogP contribution in [0.15, 0.2) is 42.5 Å². The molecule has 2 N–H and O–H groups in total. The molecule has 0 atom stereocenters. The van der Waals surface area contributed by atoms with Crippen LogP contribution in [0, 0.1) is 5.82 Å². The molecular formula is C16H16FN3. The van der Waals surface area contributed by atoms with Crippen LogP contribution >= 0.6 is 0 Å². The molecule has 102 valence electrons. The Kier molecular flexibility index (Phi) is 2.93. The zero-order valence-corrected chi connectivity index (χ0v) is 11.5. The predicted octanol–water partition coefficient (Wildman–Crippen LogP) is 3.87. The van der Waals surface area contributed by atoms with E-state index in [2.05, 4.69) is 31.0 Å². The summed E-state index contributed by atoms with van der Waals surface area (Å²) in [6.45, 7) is 4.29. The minimum Gasteiger partial charge on any atom is -0.369 e. The van der Waals surface area contributed by atoms with Gasteiger partial charge in [-0.3, -0.25) is 4.57 Å². The number of para-hydroxylation sites is 1. The van der Waals surface area contributed by atoms with Crippen molar-refractivity contribution < 1.29 is 4.39 Å². The lowest BCUT2D eigenvalue weighted by Gasteiger charge is -2.09. The Balaban J connectivity index is 2.19. The summed E-state index contributed by atoms with van der Waals surface area (Å²) in [5.74, 6) is 0.410. The first-order valence-corrected chi connectivity index (χ1v) is 6.60. The summed E-state index contributed by atoms with van der Waals surface area (Å²) < 4.78 is 15.5. The van der Waals surface area contributed by atoms with Gasteiger partial charge in [0.1, 0.15) is 5.52 Å². The van der Waals surface area contributed by atoms with Gasteiger partial charge in [0.15, 0.2) is 5.82 Å². The first kappa shape index (κ1) is 12.7. The summed E-state index contributed by atoms with van der Waals surface area (Å²) in [6.07, 6.45) is 0. The molecule has 0 aliphatic carbocycles. The highest BCUT2D eigenvalue weighted by molar-refractivity contribution is 5.81. The summed E-state index contributed by atoms with van der Waals surface area (Å²) in [5.41, 5.74) is 9.06. The summed E-state index contributed by atoms with van der Waals surface area (Å²) in [4.78, 5) is 4.11. The lowest BCUT2D eigenvalue weighted by Crippen LogP contribution is -2.00. The molecule has 0 aliphatic rings. The van der Waals surface area contributed by atoms with Crippen LogP contribution in [-0.2, 0) is 0 Å². The molecule has 0 radical (unpaired) electrons. The third-order valence-electron chi connectivity index (χ3n) is 3.48. The number of hydrogen-bond donors (Lipinski definition) is 1. The van der Waals surface area contributed by atoms with E-state index in [0.29, 0.717) is 22.9 Å². The van der Waals surface area contributed by atoms with E-state index in [1.807, 2.05) is 18.2 Å². The predicted molar refractivity (Wildman–Crippen MR) is 79.5 cm³/mol. The second-order valence-electron chi connectivity index (χ2n) is 5.16. The number of benzene rings is 2. The summed E-state index contributed by atoms with van der Waals surface area (Å²) in [7, 11) is 0. The lowest BCUT2D eigenvalue weighted by molar-refractivity contribution is 0.637. The molecule has 0 fully saturated rings. The minimum atomic E-state index is -0.355. The fourth-order valence-corrected chi connectivity index (χ4v) is 2.36. The first-order chi connectivity index (χ1) is 9.58. The molecular weight excluding hydrogens is 253 g/mol. The van der Waals surface area contributed by atoms with Gasteiger partial charge < -0.3 is 5.73 Å². The van der Waals surface area contributed by atoms with Gasteiger partial charge in [0, 0.05) is 5.69 Å². The van der Waals surface area contributed by atoms with Crippen LogP contribution in [-0.4, -0.2) is 9.55 Å². The van der Waals surface area contributed by atoms with Gasteiger partial charge in [-0.25, -0.2) is 9.37 Å². The van der Waals surface area contributed by atoms with E-state index in [9.17, 15) is 4.39 Å². The van der Waals surface area contributed by atoms with E-state index in [0.717, 1.165) is 5.69 Å². The smallest absolute Gasteiger partial charge is 0.206 e. The molecule has 0 unspecified atom stereocenters. The molecule has 0 amide bonds. The third kappa shape index (κ3) is 1.93. The maximum absolute atomic E-state index is 13.7. The average Bonchev–Trinajstić information content (AvgIpc) is 2.77. The van der Waals surface area contributed by atoms with Crippen molar-refractivity contribution in [3.63, 3.8) is 0 Å². The van der Waals surface area contributed by atoms with Crippen LogP contribution < -0.4 is 5.73 Å². The molecule has 3 nitrogen and oxygen atoms in total. The van der Waals surface area contributed by atoms with Crippen molar-refractivity contribution in [3.05, 3.63) is 53.8 Å². The Bertz CT molecular complexity index is 757. The SMILES string of the molecule is CC(C)c1ccc(-n2c(N)nc3c(F)cccc32)cc1. The number of anilines is 1. The monoisotopic (exact) mass is 269 g/mol. The Labute approximate surface area is 116 Å². The van der Waals surface area contributed by atoms with Gasteiger partial charge >= 0.3 is 0 Å². The van der Waals surface area contributed by atoms with Gasteiger partial charge in [-0.05, 0) is 35.7 Å². The highest BCUT2D eigenvalue weighted by Gasteiger charge is 2.13. The van der Waals surface area contributed by atoms with Crippen molar-refractivity contribution in [1.82, 2.24) is 9.55 Å². The number of imidazole rings is 1. The molecule has 2 aromatic carbocycles. The molecule has 0 bridgehead atoms. The molecule has 20 heavy (non-hydrogen) atoms. The normalized spacial score (nSPS) is 11.4. The molecule has 1 heterocycles. The van der Waals surface area contributed by atoms with Crippen molar-refractivity contribution in [2.45, 2.75) is 19.8 Å². The zero-order valence-electron chi connectivity index (χ0n) is 11.5. The lowest BCUT2D eigenvalue weighted by atomic mass is 10.0. The molecule has 0 saturated carbocycles. The van der Waals surface area contributed by atoms with Crippen LogP contribution in [0.25, 0.3) is 16.7 Å². The number of nitrogens with two attached hydrogens (primary N) is 1. The van der Waals surface area contributed by atoms with E-state index in [-0.39, 0.29) is 5.82 Å². The van der Waals surface area contributed by atoms with Gasteiger partial charge in [0.05, 0.1) is 5.52 Å². The maximum atomic E-state index is 13.7. The molecule has 3 aromatic rings. The second kappa shape index (κ2) is 4.63. The number of nitrogen functional groups attached to an aromatic ring is 1. The average molecular weight is 269 g/mol. The molecule has 1 aromatic heterocycles. The Morgan fingerprint density at radius 2 is 1.80 bits per heavy atom. The van der Waals surface area contributed by atoms with Crippen molar-refractivity contribution >= 4 is 17.0 Å². The minimum absolute atomic E-state index is 0.294. The fourth-order valence-electron chi connectivity index (χ4n) is 2.36. The summed E-state index contributed by atoms with van der Waals surface area (Å²) in [5, 5.41) is 0. The number of rotatable bonds is 2. The Morgan fingerprint density at radius 3 is 2.45 bits per heavy atom. The van der Waals surface area contributed by atoms with Crippen LogP contribution in [0.3, 0.4) is 0 Å². The summed E-state index contributed by atoms with van der Waals surface area (Å²) in [6, 6.07) is 13.0. The third-order valence-corrected chi connectivity index (χ3v) is 3.48. The van der Waals surface area contributed by atoms with E-state index in [1.54, 1.807) is 10.6 Å². The zero-order chi connectivity index (χ0) is 14.3. The standard InChI is InChI=1S/C16H16FN3/c1-10(2)11-6-8-12(9-7-11)20-14-5-3-4-13(17)15(14)19-16(20)18/h3-10H,1-2H3,(H2,18,19). The Hall–Kier alpha value is -2.36. The molecule has 3 rings (SSSR count). The largest absolute Gasteiger partial charge is 0.369 e. The highest BCUT2D eigenvalue weighted by atomic mass is 19.1. The Morgan fingerprint density at radius 1 is 1.10 bits per heavy atom. The van der Waals surface area contributed by atoms with E-state index >= 15 is 0 Å². The molecule has 0 saturated heterocycles.